The predicted molar refractivity (Wildman–Crippen MR) is 119 cm³/mol. The van der Waals surface area contributed by atoms with E-state index in [1.165, 1.54) is 0 Å². The Morgan fingerprint density at radius 1 is 0.806 bits per heavy atom. The number of carbonyl (C=O) groups is 2. The van der Waals surface area contributed by atoms with Crippen LogP contribution >= 0.6 is 0 Å². The van der Waals surface area contributed by atoms with Gasteiger partial charge in [-0.1, -0.05) is 18.2 Å². The molecule has 0 saturated carbocycles. The molecule has 0 aromatic heterocycles. The number of para-hydroxylation sites is 1. The summed E-state index contributed by atoms with van der Waals surface area (Å²) < 4.78 is 16.0. The van der Waals surface area contributed by atoms with Gasteiger partial charge in [0.25, 0.3) is 0 Å². The normalized spacial score (nSPS) is 11.3. The van der Waals surface area contributed by atoms with Crippen molar-refractivity contribution >= 4 is 23.1 Å². The molecule has 0 unspecified atom stereocenters. The maximum absolute atomic E-state index is 12.4. The molecule has 6 nitrogen and oxygen atoms in total. The largest absolute Gasteiger partial charge is 0.494 e. The molecule has 1 atom stereocenters. The van der Waals surface area contributed by atoms with Crippen LogP contribution < -0.4 is 14.8 Å². The number of benzene rings is 3. The number of esters is 1. The molecule has 3 aromatic rings. The molecule has 0 aliphatic heterocycles. The fourth-order valence-electron chi connectivity index (χ4n) is 2.87. The molecule has 6 heteroatoms. The van der Waals surface area contributed by atoms with Gasteiger partial charge >= 0.3 is 5.97 Å². The number of ether oxygens (including phenoxy) is 3. The van der Waals surface area contributed by atoms with Crippen LogP contribution in [0.4, 0.5) is 11.4 Å². The molecular formula is C25H25NO5. The fraction of sp³-hybridized carbons (Fsp3) is 0.200. The van der Waals surface area contributed by atoms with Crippen molar-refractivity contribution < 1.29 is 23.8 Å². The molecule has 160 valence electrons. The second-order valence-electron chi connectivity index (χ2n) is 6.76. The molecule has 0 radical (unpaired) electrons. The SMILES string of the molecule is CCOc1ccc(C(=O)[C@H](C)OC(=O)COc2ccc(Nc3ccccc3)cc2)cc1. The first-order valence-corrected chi connectivity index (χ1v) is 10.1. The van der Waals surface area contributed by atoms with Crippen LogP contribution in [-0.2, 0) is 9.53 Å². The number of carbonyl (C=O) groups excluding carboxylic acids is 2. The Bertz CT molecular complexity index is 985. The van der Waals surface area contributed by atoms with Crippen molar-refractivity contribution in [1.82, 2.24) is 0 Å². The highest BCUT2D eigenvalue weighted by Crippen LogP contribution is 2.20. The summed E-state index contributed by atoms with van der Waals surface area (Å²) >= 11 is 0. The number of ketones is 1. The van der Waals surface area contributed by atoms with Crippen LogP contribution in [0.1, 0.15) is 24.2 Å². The first kappa shape index (κ1) is 21.9. The lowest BCUT2D eigenvalue weighted by molar-refractivity contribution is -0.148. The average Bonchev–Trinajstić information content (AvgIpc) is 2.79. The van der Waals surface area contributed by atoms with E-state index in [4.69, 9.17) is 14.2 Å². The summed E-state index contributed by atoms with van der Waals surface area (Å²) in [5.41, 5.74) is 2.33. The van der Waals surface area contributed by atoms with Crippen molar-refractivity contribution in [3.05, 3.63) is 84.4 Å². The van der Waals surface area contributed by atoms with Crippen LogP contribution in [0.15, 0.2) is 78.9 Å². The van der Waals surface area contributed by atoms with Crippen molar-refractivity contribution in [3.8, 4) is 11.5 Å². The Kier molecular flexibility index (Phi) is 7.65. The maximum Gasteiger partial charge on any atom is 0.344 e. The van der Waals surface area contributed by atoms with E-state index in [1.54, 1.807) is 43.3 Å². The lowest BCUT2D eigenvalue weighted by Gasteiger charge is -2.13. The van der Waals surface area contributed by atoms with Crippen molar-refractivity contribution in [2.75, 3.05) is 18.5 Å². The lowest BCUT2D eigenvalue weighted by atomic mass is 10.1. The van der Waals surface area contributed by atoms with Crippen molar-refractivity contribution in [2.45, 2.75) is 20.0 Å². The summed E-state index contributed by atoms with van der Waals surface area (Å²) in [6, 6.07) is 23.7. The first-order chi connectivity index (χ1) is 15.0. The Balaban J connectivity index is 1.46. The highest BCUT2D eigenvalue weighted by molar-refractivity contribution is 6.00. The predicted octanol–water partition coefficient (Wildman–Crippen LogP) is 5.02. The first-order valence-electron chi connectivity index (χ1n) is 10.1. The van der Waals surface area contributed by atoms with Gasteiger partial charge in [0.1, 0.15) is 11.5 Å². The van der Waals surface area contributed by atoms with E-state index >= 15 is 0 Å². The Morgan fingerprint density at radius 2 is 1.39 bits per heavy atom. The zero-order chi connectivity index (χ0) is 22.1. The number of hydrogen-bond donors (Lipinski definition) is 1. The topological polar surface area (TPSA) is 73.9 Å². The average molecular weight is 419 g/mol. The van der Waals surface area contributed by atoms with E-state index < -0.39 is 12.1 Å². The van der Waals surface area contributed by atoms with Crippen LogP contribution in [0.5, 0.6) is 11.5 Å². The monoisotopic (exact) mass is 419 g/mol. The third kappa shape index (κ3) is 6.60. The van der Waals surface area contributed by atoms with Crippen molar-refractivity contribution in [2.24, 2.45) is 0 Å². The smallest absolute Gasteiger partial charge is 0.344 e. The van der Waals surface area contributed by atoms with Gasteiger partial charge in [0.15, 0.2) is 12.7 Å². The van der Waals surface area contributed by atoms with Gasteiger partial charge < -0.3 is 19.5 Å². The Hall–Kier alpha value is -3.80. The summed E-state index contributed by atoms with van der Waals surface area (Å²) in [5, 5.41) is 3.27. The van der Waals surface area contributed by atoms with Crippen molar-refractivity contribution in [1.29, 1.82) is 0 Å². The molecule has 0 saturated heterocycles. The number of hydrogen-bond acceptors (Lipinski definition) is 6. The van der Waals surface area contributed by atoms with Gasteiger partial charge in [0, 0.05) is 16.9 Å². The standard InChI is InChI=1S/C25H25NO5/c1-3-29-22-13-9-19(10-14-22)25(28)18(2)31-24(27)17-30-23-15-11-21(12-16-23)26-20-7-5-4-6-8-20/h4-16,18,26H,3,17H2,1-2H3/t18-/m0/s1. The van der Waals surface area contributed by atoms with Gasteiger partial charge in [0.05, 0.1) is 6.61 Å². The van der Waals surface area contributed by atoms with Crippen LogP contribution in [0.25, 0.3) is 0 Å². The minimum Gasteiger partial charge on any atom is -0.494 e. The molecule has 0 aliphatic carbocycles. The number of rotatable bonds is 10. The Labute approximate surface area is 181 Å². The molecular weight excluding hydrogens is 394 g/mol. The van der Waals surface area contributed by atoms with E-state index in [-0.39, 0.29) is 12.4 Å². The third-order valence-corrected chi connectivity index (χ3v) is 4.40. The minimum atomic E-state index is -0.911. The Morgan fingerprint density at radius 3 is 2.03 bits per heavy atom. The lowest BCUT2D eigenvalue weighted by Crippen LogP contribution is -2.27. The zero-order valence-electron chi connectivity index (χ0n) is 17.5. The molecule has 0 amide bonds. The summed E-state index contributed by atoms with van der Waals surface area (Å²) in [4.78, 5) is 24.5. The third-order valence-electron chi connectivity index (χ3n) is 4.40. The van der Waals surface area contributed by atoms with Crippen LogP contribution in [-0.4, -0.2) is 31.1 Å². The minimum absolute atomic E-state index is 0.285. The van der Waals surface area contributed by atoms with E-state index in [1.807, 2.05) is 49.4 Å². The number of Topliss-reactive ketones (excluding diaryl/α,β-unsaturated/α-hetero) is 1. The summed E-state index contributed by atoms with van der Waals surface area (Å²) in [7, 11) is 0. The van der Waals surface area contributed by atoms with E-state index in [0.29, 0.717) is 23.7 Å². The molecule has 0 fully saturated rings. The quantitative estimate of drug-likeness (QED) is 0.367. The van der Waals surface area contributed by atoms with E-state index in [2.05, 4.69) is 5.32 Å². The molecule has 0 aliphatic rings. The van der Waals surface area contributed by atoms with E-state index in [0.717, 1.165) is 11.4 Å². The van der Waals surface area contributed by atoms with E-state index in [9.17, 15) is 9.59 Å². The van der Waals surface area contributed by atoms with Gasteiger partial charge in [-0.15, -0.1) is 0 Å². The zero-order valence-corrected chi connectivity index (χ0v) is 17.5. The van der Waals surface area contributed by atoms with Gasteiger partial charge in [0.2, 0.25) is 5.78 Å². The second-order valence-corrected chi connectivity index (χ2v) is 6.76. The van der Waals surface area contributed by atoms with Gasteiger partial charge in [-0.2, -0.15) is 0 Å². The highest BCUT2D eigenvalue weighted by Gasteiger charge is 2.20. The molecule has 0 spiro atoms. The summed E-state index contributed by atoms with van der Waals surface area (Å²) in [5.74, 6) is 0.314. The van der Waals surface area contributed by atoms with Gasteiger partial charge in [-0.3, -0.25) is 4.79 Å². The van der Waals surface area contributed by atoms with Gasteiger partial charge in [-0.25, -0.2) is 4.79 Å². The fourth-order valence-corrected chi connectivity index (χ4v) is 2.87. The molecule has 3 aromatic carbocycles. The van der Waals surface area contributed by atoms with Crippen LogP contribution in [0.3, 0.4) is 0 Å². The van der Waals surface area contributed by atoms with Crippen LogP contribution in [0.2, 0.25) is 0 Å². The maximum atomic E-state index is 12.4. The molecule has 3 rings (SSSR count). The number of anilines is 2. The van der Waals surface area contributed by atoms with Crippen LogP contribution in [0, 0.1) is 0 Å². The highest BCUT2D eigenvalue weighted by atomic mass is 16.6. The second kappa shape index (κ2) is 10.8. The van der Waals surface area contributed by atoms with Crippen molar-refractivity contribution in [3.63, 3.8) is 0 Å². The summed E-state index contributed by atoms with van der Waals surface area (Å²) in [6.45, 7) is 3.69. The molecule has 1 N–H and O–H groups in total. The summed E-state index contributed by atoms with van der Waals surface area (Å²) in [6.07, 6.45) is -0.911. The van der Waals surface area contributed by atoms with Gasteiger partial charge in [-0.05, 0) is 74.5 Å². The molecule has 31 heavy (non-hydrogen) atoms. The number of nitrogens with one attached hydrogen (secondary N) is 1. The molecule has 0 bridgehead atoms. The molecule has 0 heterocycles.